The van der Waals surface area contributed by atoms with Crippen LogP contribution >= 0.6 is 11.3 Å². The van der Waals surface area contributed by atoms with E-state index in [1.54, 1.807) is 11.3 Å². The highest BCUT2D eigenvalue weighted by molar-refractivity contribution is 7.17. The highest BCUT2D eigenvalue weighted by atomic mass is 32.1. The zero-order valence-electron chi connectivity index (χ0n) is 17.7. The zero-order valence-corrected chi connectivity index (χ0v) is 18.5. The first-order valence-corrected chi connectivity index (χ1v) is 12.3. The minimum Gasteiger partial charge on any atom is -0.346 e. The van der Waals surface area contributed by atoms with E-state index in [0.717, 1.165) is 68.4 Å². The van der Waals surface area contributed by atoms with E-state index >= 15 is 0 Å². The van der Waals surface area contributed by atoms with E-state index in [1.807, 2.05) is 29.1 Å². The lowest BCUT2D eigenvalue weighted by Crippen LogP contribution is -2.54. The Morgan fingerprint density at radius 2 is 1.60 bits per heavy atom. The molecule has 1 aliphatic carbocycles. The van der Waals surface area contributed by atoms with Crippen molar-refractivity contribution in [1.82, 2.24) is 24.6 Å². The van der Waals surface area contributed by atoms with Gasteiger partial charge in [-0.1, -0.05) is 30.6 Å². The SMILES string of the molecule is O=C([C@H]1CCCN(c2nnc(-n3cccc3)s2)C1)N1CCN(C2CCCCC2)CC1. The van der Waals surface area contributed by atoms with E-state index in [0.29, 0.717) is 5.91 Å². The maximum Gasteiger partial charge on any atom is 0.227 e. The Labute approximate surface area is 182 Å². The summed E-state index contributed by atoms with van der Waals surface area (Å²) < 4.78 is 1.99. The van der Waals surface area contributed by atoms with Gasteiger partial charge in [0, 0.05) is 57.7 Å². The summed E-state index contributed by atoms with van der Waals surface area (Å²) in [6, 6.07) is 4.74. The molecule has 7 nitrogen and oxygen atoms in total. The molecule has 0 N–H and O–H groups in total. The Bertz CT molecular complexity index is 823. The molecule has 2 aromatic rings. The normalized spacial score (nSPS) is 24.3. The molecule has 2 aliphatic heterocycles. The summed E-state index contributed by atoms with van der Waals surface area (Å²) in [7, 11) is 0. The maximum atomic E-state index is 13.2. The van der Waals surface area contributed by atoms with E-state index in [-0.39, 0.29) is 5.92 Å². The summed E-state index contributed by atoms with van der Waals surface area (Å²) in [4.78, 5) is 20.3. The maximum absolute atomic E-state index is 13.2. The van der Waals surface area contributed by atoms with Crippen LogP contribution in [-0.4, -0.2) is 75.8 Å². The summed E-state index contributed by atoms with van der Waals surface area (Å²) in [5, 5.41) is 10.5. The number of aromatic nitrogens is 3. The van der Waals surface area contributed by atoms with Gasteiger partial charge in [-0.05, 0) is 37.8 Å². The van der Waals surface area contributed by atoms with E-state index in [1.165, 1.54) is 32.1 Å². The lowest BCUT2D eigenvalue weighted by molar-refractivity contribution is -0.138. The van der Waals surface area contributed by atoms with Crippen LogP contribution in [0.25, 0.3) is 5.13 Å². The lowest BCUT2D eigenvalue weighted by Gasteiger charge is -2.42. The van der Waals surface area contributed by atoms with Crippen LogP contribution in [0.2, 0.25) is 0 Å². The third-order valence-corrected chi connectivity index (χ3v) is 7.98. The Hall–Kier alpha value is -1.93. The van der Waals surface area contributed by atoms with Gasteiger partial charge in [0.25, 0.3) is 0 Å². The fourth-order valence-electron chi connectivity index (χ4n) is 5.27. The van der Waals surface area contributed by atoms with Gasteiger partial charge in [-0.2, -0.15) is 0 Å². The zero-order chi connectivity index (χ0) is 20.3. The highest BCUT2D eigenvalue weighted by Crippen LogP contribution is 2.29. The molecular weight excluding hydrogens is 396 g/mol. The minimum atomic E-state index is 0.0823. The largest absolute Gasteiger partial charge is 0.346 e. The number of nitrogens with zero attached hydrogens (tertiary/aromatic N) is 6. The smallest absolute Gasteiger partial charge is 0.227 e. The number of amides is 1. The quantitative estimate of drug-likeness (QED) is 0.749. The van der Waals surface area contributed by atoms with Crippen LogP contribution < -0.4 is 4.90 Å². The van der Waals surface area contributed by atoms with Crippen LogP contribution in [0.4, 0.5) is 5.13 Å². The van der Waals surface area contributed by atoms with E-state index < -0.39 is 0 Å². The second-order valence-corrected chi connectivity index (χ2v) is 9.83. The molecule has 0 aromatic carbocycles. The summed E-state index contributed by atoms with van der Waals surface area (Å²) in [5.41, 5.74) is 0. The molecule has 5 rings (SSSR count). The van der Waals surface area contributed by atoms with E-state index in [9.17, 15) is 4.79 Å². The fraction of sp³-hybridized carbons (Fsp3) is 0.682. The number of hydrogen-bond donors (Lipinski definition) is 0. The van der Waals surface area contributed by atoms with Gasteiger partial charge in [0.15, 0.2) is 0 Å². The van der Waals surface area contributed by atoms with Crippen molar-refractivity contribution in [2.45, 2.75) is 51.0 Å². The summed E-state index contributed by atoms with van der Waals surface area (Å²) in [6.45, 7) is 5.60. The first-order valence-electron chi connectivity index (χ1n) is 11.5. The van der Waals surface area contributed by atoms with Crippen LogP contribution in [0.3, 0.4) is 0 Å². The van der Waals surface area contributed by atoms with Crippen LogP contribution in [-0.2, 0) is 4.79 Å². The molecule has 1 atom stereocenters. The topological polar surface area (TPSA) is 57.5 Å². The third kappa shape index (κ3) is 4.25. The van der Waals surface area contributed by atoms with Gasteiger partial charge in [0.1, 0.15) is 0 Å². The van der Waals surface area contributed by atoms with Gasteiger partial charge in [-0.25, -0.2) is 0 Å². The number of piperazine rings is 1. The van der Waals surface area contributed by atoms with Crippen molar-refractivity contribution in [3.63, 3.8) is 0 Å². The molecule has 2 aromatic heterocycles. The second kappa shape index (κ2) is 9.06. The van der Waals surface area contributed by atoms with Crippen molar-refractivity contribution in [2.75, 3.05) is 44.2 Å². The third-order valence-electron chi connectivity index (χ3n) is 6.99. The highest BCUT2D eigenvalue weighted by Gasteiger charge is 2.33. The van der Waals surface area contributed by atoms with Crippen molar-refractivity contribution in [3.8, 4) is 5.13 Å². The van der Waals surface area contributed by atoms with Crippen LogP contribution in [0.5, 0.6) is 0 Å². The Balaban J connectivity index is 1.17. The number of anilines is 1. The van der Waals surface area contributed by atoms with Crippen molar-refractivity contribution < 1.29 is 4.79 Å². The molecule has 4 heterocycles. The molecule has 1 saturated carbocycles. The van der Waals surface area contributed by atoms with Crippen LogP contribution in [0, 0.1) is 5.92 Å². The Morgan fingerprint density at radius 3 is 2.37 bits per heavy atom. The van der Waals surface area contributed by atoms with Crippen molar-refractivity contribution in [1.29, 1.82) is 0 Å². The molecule has 0 spiro atoms. The summed E-state index contributed by atoms with van der Waals surface area (Å²) >= 11 is 1.60. The minimum absolute atomic E-state index is 0.0823. The number of rotatable bonds is 4. The predicted octanol–water partition coefficient (Wildman–Crippen LogP) is 3.02. The van der Waals surface area contributed by atoms with Gasteiger partial charge < -0.3 is 9.80 Å². The molecule has 8 heteroatoms. The number of carbonyl (C=O) groups excluding carboxylic acids is 1. The Morgan fingerprint density at radius 1 is 0.867 bits per heavy atom. The summed E-state index contributed by atoms with van der Waals surface area (Å²) in [5.74, 6) is 0.428. The first kappa shape index (κ1) is 20.0. The van der Waals surface area contributed by atoms with Crippen molar-refractivity contribution in [2.24, 2.45) is 5.92 Å². The number of piperidine rings is 1. The van der Waals surface area contributed by atoms with Crippen LogP contribution in [0.15, 0.2) is 24.5 Å². The van der Waals surface area contributed by atoms with Gasteiger partial charge in [0.2, 0.25) is 16.2 Å². The second-order valence-electron chi connectivity index (χ2n) is 8.90. The van der Waals surface area contributed by atoms with Crippen LogP contribution in [0.1, 0.15) is 44.9 Å². The fourth-order valence-corrected chi connectivity index (χ4v) is 6.12. The molecule has 0 unspecified atom stereocenters. The van der Waals surface area contributed by atoms with E-state index in [2.05, 4.69) is 24.9 Å². The van der Waals surface area contributed by atoms with Gasteiger partial charge >= 0.3 is 0 Å². The van der Waals surface area contributed by atoms with E-state index in [4.69, 9.17) is 0 Å². The molecule has 162 valence electrons. The molecule has 2 saturated heterocycles. The predicted molar refractivity (Wildman–Crippen MR) is 119 cm³/mol. The number of hydrogen-bond acceptors (Lipinski definition) is 6. The number of carbonyl (C=O) groups is 1. The van der Waals surface area contributed by atoms with Gasteiger partial charge in [0.05, 0.1) is 5.92 Å². The molecule has 3 aliphatic rings. The molecule has 3 fully saturated rings. The monoisotopic (exact) mass is 428 g/mol. The first-order chi connectivity index (χ1) is 14.8. The average molecular weight is 429 g/mol. The van der Waals surface area contributed by atoms with Crippen molar-refractivity contribution in [3.05, 3.63) is 24.5 Å². The summed E-state index contributed by atoms with van der Waals surface area (Å²) in [6.07, 6.45) is 12.8. The van der Waals surface area contributed by atoms with Gasteiger partial charge in [-0.3, -0.25) is 14.3 Å². The Kier molecular flexibility index (Phi) is 6.04. The van der Waals surface area contributed by atoms with Crippen molar-refractivity contribution >= 4 is 22.4 Å². The molecule has 0 radical (unpaired) electrons. The molecule has 1 amide bonds. The molecular formula is C22H32N6OS. The molecule has 0 bridgehead atoms. The standard InChI is InChI=1S/C22H32N6OS/c29-20(26-15-13-25(14-16-26)19-8-2-1-3-9-19)18-7-6-12-28(17-18)22-24-23-21(30-22)27-10-4-5-11-27/h4-5,10-11,18-19H,1-3,6-9,12-17H2/t18-/m0/s1. The molecule has 30 heavy (non-hydrogen) atoms. The average Bonchev–Trinajstić information content (AvgIpc) is 3.52. The van der Waals surface area contributed by atoms with Gasteiger partial charge in [-0.15, -0.1) is 10.2 Å². The lowest BCUT2D eigenvalue weighted by atomic mass is 9.93.